The van der Waals surface area contributed by atoms with Crippen LogP contribution in [0.5, 0.6) is 5.88 Å². The lowest BCUT2D eigenvalue weighted by atomic mass is 10.2. The van der Waals surface area contributed by atoms with Crippen molar-refractivity contribution < 1.29 is 14.3 Å². The van der Waals surface area contributed by atoms with Gasteiger partial charge in [0, 0.05) is 29.7 Å². The Kier molecular flexibility index (Phi) is 7.64. The largest absolute Gasteiger partial charge is 0.416 e. The number of amides is 2. The molecule has 1 aromatic heterocycles. The maximum Gasteiger partial charge on any atom is 0.416 e. The highest BCUT2D eigenvalue weighted by Gasteiger charge is 2.29. The van der Waals surface area contributed by atoms with Crippen LogP contribution in [0.15, 0.2) is 47.8 Å². The van der Waals surface area contributed by atoms with Crippen molar-refractivity contribution in [1.29, 1.82) is 0 Å². The lowest BCUT2D eigenvalue weighted by molar-refractivity contribution is 0.0999. The zero-order valence-corrected chi connectivity index (χ0v) is 21.5. The van der Waals surface area contributed by atoms with E-state index < -0.39 is 12.0 Å². The van der Waals surface area contributed by atoms with Gasteiger partial charge in [-0.25, -0.2) is 4.79 Å². The van der Waals surface area contributed by atoms with Crippen molar-refractivity contribution in [3.63, 3.8) is 0 Å². The minimum Gasteiger partial charge on any atom is -0.390 e. The fraction of sp³-hybridized carbons (Fsp3) is 0.261. The van der Waals surface area contributed by atoms with E-state index in [-0.39, 0.29) is 22.5 Å². The number of thiazole rings is 1. The lowest BCUT2D eigenvalue weighted by Gasteiger charge is -2.23. The molecule has 1 unspecified atom stereocenters. The third-order valence-electron chi connectivity index (χ3n) is 5.51. The van der Waals surface area contributed by atoms with Crippen LogP contribution in [0.25, 0.3) is 0 Å². The number of benzene rings is 2. The van der Waals surface area contributed by atoms with Crippen molar-refractivity contribution >= 4 is 69.0 Å². The molecule has 0 aliphatic carbocycles. The van der Waals surface area contributed by atoms with Crippen molar-refractivity contribution in [1.82, 2.24) is 14.8 Å². The normalized spacial score (nSPS) is 15.9. The maximum absolute atomic E-state index is 13.5. The number of rotatable bonds is 5. The molecule has 7 nitrogen and oxygen atoms in total. The first-order valence-corrected chi connectivity index (χ1v) is 12.4. The predicted octanol–water partition coefficient (Wildman–Crippen LogP) is 6.22. The molecule has 0 spiro atoms. The number of halogens is 3. The molecule has 0 N–H and O–H groups in total. The third kappa shape index (κ3) is 5.47. The first-order valence-electron chi connectivity index (χ1n) is 10.4. The molecule has 2 aromatic carbocycles. The monoisotopic (exact) mass is 538 g/mol. The molecule has 2 amide bonds. The van der Waals surface area contributed by atoms with Crippen LogP contribution in [0.2, 0.25) is 15.1 Å². The molecule has 1 fully saturated rings. The van der Waals surface area contributed by atoms with Crippen LogP contribution in [-0.2, 0) is 0 Å². The number of likely N-dealkylation sites (N-methyl/N-ethyl adjacent to an activating group) is 2. The number of anilines is 2. The second kappa shape index (κ2) is 10.5. The number of ether oxygens (including phenoxy) is 1. The summed E-state index contributed by atoms with van der Waals surface area (Å²) in [5.41, 5.74) is 0.776. The topological polar surface area (TPSA) is 66.0 Å². The van der Waals surface area contributed by atoms with E-state index in [1.54, 1.807) is 53.7 Å². The highest BCUT2D eigenvalue weighted by molar-refractivity contribution is 7.14. The molecule has 4 rings (SSSR count). The Bertz CT molecular complexity index is 1200. The van der Waals surface area contributed by atoms with Gasteiger partial charge in [-0.15, -0.1) is 11.3 Å². The summed E-state index contributed by atoms with van der Waals surface area (Å²) in [6.45, 7) is 1.71. The van der Waals surface area contributed by atoms with E-state index in [1.807, 2.05) is 7.05 Å². The van der Waals surface area contributed by atoms with E-state index in [0.717, 1.165) is 30.8 Å². The van der Waals surface area contributed by atoms with Gasteiger partial charge in [0.1, 0.15) is 0 Å². The molecular formula is C23H21Cl3N4O3S. The van der Waals surface area contributed by atoms with Gasteiger partial charge in [0.25, 0.3) is 5.91 Å². The standard InChI is InChI=1S/C23H21Cl3N4O3S/c1-28-10-9-17(12-28)29(2)23(32)33-20-13-34-22(27-20)30(16-6-3-14(24)4-7-16)21(31)18-8-5-15(25)11-19(18)26/h3-8,11,13,17H,9-10,12H2,1-2H3. The number of likely N-dealkylation sites (tertiary alicyclic amines) is 1. The van der Waals surface area contributed by atoms with Crippen LogP contribution in [0.1, 0.15) is 16.8 Å². The number of aromatic nitrogens is 1. The molecular weight excluding hydrogens is 519 g/mol. The van der Waals surface area contributed by atoms with Crippen molar-refractivity contribution in [3.8, 4) is 5.88 Å². The number of hydrogen-bond donors (Lipinski definition) is 0. The smallest absolute Gasteiger partial charge is 0.390 e. The molecule has 2 heterocycles. The first-order chi connectivity index (χ1) is 16.2. The van der Waals surface area contributed by atoms with E-state index >= 15 is 0 Å². The van der Waals surface area contributed by atoms with E-state index in [0.29, 0.717) is 20.9 Å². The Morgan fingerprint density at radius 1 is 1.12 bits per heavy atom. The Labute approximate surface area is 216 Å². The zero-order valence-electron chi connectivity index (χ0n) is 18.4. The Hall–Kier alpha value is -2.36. The van der Waals surface area contributed by atoms with Crippen LogP contribution in [0, 0.1) is 0 Å². The summed E-state index contributed by atoms with van der Waals surface area (Å²) in [6.07, 6.45) is 0.382. The molecule has 11 heteroatoms. The van der Waals surface area contributed by atoms with E-state index in [4.69, 9.17) is 39.5 Å². The highest BCUT2D eigenvalue weighted by atomic mass is 35.5. The van der Waals surface area contributed by atoms with Gasteiger partial charge >= 0.3 is 6.09 Å². The summed E-state index contributed by atoms with van der Waals surface area (Å²) in [6, 6.07) is 11.5. The molecule has 0 bridgehead atoms. The molecule has 3 aromatic rings. The second-order valence-electron chi connectivity index (χ2n) is 7.89. The zero-order chi connectivity index (χ0) is 24.4. The fourth-order valence-electron chi connectivity index (χ4n) is 3.63. The molecule has 1 atom stereocenters. The number of nitrogens with zero attached hydrogens (tertiary/aromatic N) is 4. The van der Waals surface area contributed by atoms with Gasteiger partial charge in [-0.05, 0) is 62.5 Å². The van der Waals surface area contributed by atoms with Crippen LogP contribution < -0.4 is 9.64 Å². The van der Waals surface area contributed by atoms with Gasteiger partial charge < -0.3 is 14.5 Å². The Morgan fingerprint density at radius 2 is 1.82 bits per heavy atom. The van der Waals surface area contributed by atoms with Gasteiger partial charge in [-0.3, -0.25) is 9.69 Å². The third-order valence-corrected chi connectivity index (χ3v) is 7.11. The van der Waals surface area contributed by atoms with Crippen LogP contribution in [0.3, 0.4) is 0 Å². The Balaban J connectivity index is 1.60. The molecule has 178 valence electrons. The number of hydrogen-bond acceptors (Lipinski definition) is 6. The van der Waals surface area contributed by atoms with Crippen molar-refractivity contribution in [2.24, 2.45) is 0 Å². The van der Waals surface area contributed by atoms with Gasteiger partial charge in [0.2, 0.25) is 11.0 Å². The lowest BCUT2D eigenvalue weighted by Crippen LogP contribution is -2.40. The van der Waals surface area contributed by atoms with Gasteiger partial charge in [0.05, 0.1) is 21.7 Å². The summed E-state index contributed by atoms with van der Waals surface area (Å²) < 4.78 is 5.50. The number of carbonyl (C=O) groups excluding carboxylic acids is 2. The maximum atomic E-state index is 13.5. The molecule has 1 aliphatic rings. The number of carbonyl (C=O) groups is 2. The average molecular weight is 540 g/mol. The summed E-state index contributed by atoms with van der Waals surface area (Å²) in [5.74, 6) is -0.306. The van der Waals surface area contributed by atoms with Crippen molar-refractivity contribution in [2.75, 3.05) is 32.1 Å². The fourth-order valence-corrected chi connectivity index (χ4v) is 4.98. The molecule has 1 saturated heterocycles. The van der Waals surface area contributed by atoms with Crippen LogP contribution in [-0.4, -0.2) is 60.0 Å². The van der Waals surface area contributed by atoms with Crippen molar-refractivity contribution in [2.45, 2.75) is 12.5 Å². The summed E-state index contributed by atoms with van der Waals surface area (Å²) in [5, 5.41) is 3.05. The van der Waals surface area contributed by atoms with Crippen molar-refractivity contribution in [3.05, 3.63) is 68.5 Å². The van der Waals surface area contributed by atoms with E-state index in [9.17, 15) is 9.59 Å². The summed E-state index contributed by atoms with van der Waals surface area (Å²) in [7, 11) is 3.73. The Morgan fingerprint density at radius 3 is 2.47 bits per heavy atom. The molecule has 0 saturated carbocycles. The van der Waals surface area contributed by atoms with Crippen LogP contribution >= 0.6 is 46.1 Å². The average Bonchev–Trinajstić information content (AvgIpc) is 3.43. The second-order valence-corrected chi connectivity index (χ2v) is 10.0. The van der Waals surface area contributed by atoms with Gasteiger partial charge in [-0.1, -0.05) is 34.8 Å². The van der Waals surface area contributed by atoms with E-state index in [2.05, 4.69) is 9.88 Å². The molecule has 0 radical (unpaired) electrons. The molecule has 34 heavy (non-hydrogen) atoms. The summed E-state index contributed by atoms with van der Waals surface area (Å²) in [4.78, 5) is 35.7. The van der Waals surface area contributed by atoms with Crippen LogP contribution in [0.4, 0.5) is 15.6 Å². The SMILES string of the molecule is CN1CCC(N(C)C(=O)Oc2csc(N(C(=O)c3ccc(Cl)cc3Cl)c3ccc(Cl)cc3)n2)C1. The van der Waals surface area contributed by atoms with E-state index in [1.165, 1.54) is 11.0 Å². The minimum absolute atomic E-state index is 0.0785. The van der Waals surface area contributed by atoms with Gasteiger partial charge in [0.15, 0.2) is 0 Å². The quantitative estimate of drug-likeness (QED) is 0.385. The molecule has 1 aliphatic heterocycles. The summed E-state index contributed by atoms with van der Waals surface area (Å²) >= 11 is 19.5. The van der Waals surface area contributed by atoms with Gasteiger partial charge in [-0.2, -0.15) is 4.98 Å². The first kappa shape index (κ1) is 24.8. The highest BCUT2D eigenvalue weighted by Crippen LogP contribution is 2.35. The predicted molar refractivity (Wildman–Crippen MR) is 136 cm³/mol. The minimum atomic E-state index is -0.498.